The number of hydrogen-bond donors (Lipinski definition) is 0. The Kier molecular flexibility index (Phi) is 818. The van der Waals surface area contributed by atoms with Crippen LogP contribution in [0.1, 0.15) is 2.85 Å². The molecule has 0 aliphatic rings. The van der Waals surface area contributed by atoms with Gasteiger partial charge in [0.15, 0.2) is 0 Å². The third-order valence-electron chi connectivity index (χ3n) is 0. The maximum Gasteiger partial charge on any atom is 2.00 e. The van der Waals surface area contributed by atoms with E-state index in [0.29, 0.717) is 0 Å². The van der Waals surface area contributed by atoms with Gasteiger partial charge in [-0.15, -0.1) is 0 Å². The normalized spacial score (nSPS) is 0. The molecule has 0 amide bonds. The van der Waals surface area contributed by atoms with Gasteiger partial charge in [0.25, 0.3) is 0 Å². The van der Waals surface area contributed by atoms with E-state index in [-0.39, 0.29) is 120 Å². The van der Waals surface area contributed by atoms with E-state index in [0.717, 1.165) is 0 Å². The largest absolute Gasteiger partial charge is 2.00 e. The molecular weight excluding hydrogens is 291 g/mol. The molecular formula is H10CaLaO4Ti. The Morgan fingerprint density at radius 1 is 0.714 bits per heavy atom. The minimum atomic E-state index is 0. The van der Waals surface area contributed by atoms with Gasteiger partial charge in [0, 0.05) is 57.3 Å². The van der Waals surface area contributed by atoms with Crippen molar-refractivity contribution in [1.82, 2.24) is 0 Å². The van der Waals surface area contributed by atoms with Crippen LogP contribution in [0.15, 0.2) is 0 Å². The van der Waals surface area contributed by atoms with Crippen LogP contribution in [0.25, 0.3) is 0 Å². The third kappa shape index (κ3) is 48.9. The molecule has 0 atom stereocenters. The van der Waals surface area contributed by atoms with Crippen LogP contribution in [0.2, 0.25) is 0 Å². The fraction of sp³-hybridized carbons (Fsp3) is 0. The molecule has 0 fully saturated rings. The van der Waals surface area contributed by atoms with Gasteiger partial charge in [-0.05, 0) is 0 Å². The van der Waals surface area contributed by atoms with E-state index in [9.17, 15) is 0 Å². The zero-order valence-electron chi connectivity index (χ0n) is 5.78. The van der Waals surface area contributed by atoms with Gasteiger partial charge in [-0.25, -0.2) is 0 Å². The van der Waals surface area contributed by atoms with Crippen molar-refractivity contribution in [3.8, 4) is 0 Å². The predicted octanol–water partition coefficient (Wildman–Crippen LogP) is -3.46. The van der Waals surface area contributed by atoms with Crippen molar-refractivity contribution in [1.29, 1.82) is 0 Å². The molecule has 0 unspecified atom stereocenters. The van der Waals surface area contributed by atoms with Gasteiger partial charge in [-0.3, -0.25) is 0 Å². The topological polar surface area (TPSA) is 126 Å². The Bertz CT molecular complexity index is 18.5. The molecule has 0 aromatic rings. The van der Waals surface area contributed by atoms with Crippen molar-refractivity contribution in [3.05, 3.63) is 0 Å². The van der Waals surface area contributed by atoms with Crippen LogP contribution in [0.4, 0.5) is 0 Å². The first-order valence-corrected chi connectivity index (χ1v) is 0. The molecule has 0 rings (SSSR count). The SMILES string of the molecule is O.O.O.O.[Ca+2].[H-].[H-].[La].[Ti]. The van der Waals surface area contributed by atoms with Crippen LogP contribution in [0.5, 0.6) is 0 Å². The van der Waals surface area contributed by atoms with Crippen molar-refractivity contribution in [2.45, 2.75) is 0 Å². The summed E-state index contributed by atoms with van der Waals surface area (Å²) in [4.78, 5) is 0. The fourth-order valence-electron chi connectivity index (χ4n) is 0. The minimum Gasteiger partial charge on any atom is -1.00 e. The third-order valence-corrected chi connectivity index (χ3v) is 0. The van der Waals surface area contributed by atoms with Crippen LogP contribution in [-0.4, -0.2) is 59.6 Å². The zero-order valence-corrected chi connectivity index (χ0v) is 11.2. The van der Waals surface area contributed by atoms with Gasteiger partial charge >= 0.3 is 37.7 Å². The maximum absolute atomic E-state index is 0. The Hall–Kier alpha value is 3.01. The summed E-state index contributed by atoms with van der Waals surface area (Å²) in [7, 11) is 0. The van der Waals surface area contributed by atoms with Gasteiger partial charge in [-0.2, -0.15) is 0 Å². The summed E-state index contributed by atoms with van der Waals surface area (Å²) >= 11 is 0. The first kappa shape index (κ1) is 89.7. The summed E-state index contributed by atoms with van der Waals surface area (Å²) in [5.41, 5.74) is 0. The average molecular weight is 301 g/mol. The van der Waals surface area contributed by atoms with Crippen molar-refractivity contribution in [2.24, 2.45) is 0 Å². The Morgan fingerprint density at radius 2 is 0.714 bits per heavy atom. The van der Waals surface area contributed by atoms with Gasteiger partial charge < -0.3 is 24.8 Å². The summed E-state index contributed by atoms with van der Waals surface area (Å²) in [5.74, 6) is 0. The molecule has 4 nitrogen and oxygen atoms in total. The monoisotopic (exact) mass is 301 g/mol. The molecule has 0 bridgehead atoms. The molecule has 7 heavy (non-hydrogen) atoms. The Morgan fingerprint density at radius 3 is 0.714 bits per heavy atom. The molecule has 0 saturated heterocycles. The smallest absolute Gasteiger partial charge is 1.00 e. The summed E-state index contributed by atoms with van der Waals surface area (Å²) in [6.07, 6.45) is 0. The second-order valence-electron chi connectivity index (χ2n) is 0. The van der Waals surface area contributed by atoms with Gasteiger partial charge in [0.1, 0.15) is 0 Å². The molecule has 0 aliphatic carbocycles. The van der Waals surface area contributed by atoms with Gasteiger partial charge in [-0.1, -0.05) is 0 Å². The fourth-order valence-corrected chi connectivity index (χ4v) is 0. The Balaban J connectivity index is 0. The van der Waals surface area contributed by atoms with Gasteiger partial charge in [0.05, 0.1) is 0 Å². The summed E-state index contributed by atoms with van der Waals surface area (Å²) in [6, 6.07) is 0. The standard InChI is InChI=1S/Ca.La.4H2O.Ti.2H/h;;4*1H2;;;/q+2;;;;;;;2*-1. The van der Waals surface area contributed by atoms with E-state index in [1.165, 1.54) is 0 Å². The van der Waals surface area contributed by atoms with Gasteiger partial charge in [0.2, 0.25) is 0 Å². The van der Waals surface area contributed by atoms with Crippen molar-refractivity contribution in [2.75, 3.05) is 0 Å². The number of hydrogen-bond acceptors (Lipinski definition) is 0. The Labute approximate surface area is 117 Å². The molecule has 0 aromatic carbocycles. The quantitative estimate of drug-likeness (QED) is 0.412. The summed E-state index contributed by atoms with van der Waals surface area (Å²) in [5, 5.41) is 0. The molecule has 1 radical (unpaired) electrons. The molecule has 0 spiro atoms. The molecule has 0 aliphatic heterocycles. The van der Waals surface area contributed by atoms with Crippen LogP contribution in [0, 0.1) is 35.6 Å². The van der Waals surface area contributed by atoms with Crippen LogP contribution in [-0.2, 0) is 21.7 Å². The molecule has 43 valence electrons. The molecule has 0 heterocycles. The second-order valence-corrected chi connectivity index (χ2v) is 0. The maximum atomic E-state index is 0. The summed E-state index contributed by atoms with van der Waals surface area (Å²) < 4.78 is 0. The zero-order chi connectivity index (χ0) is 0. The molecule has 8 N–H and O–H groups in total. The second kappa shape index (κ2) is 63.8. The first-order valence-electron chi connectivity index (χ1n) is 0. The molecule has 0 aromatic heterocycles. The van der Waals surface area contributed by atoms with E-state index in [1.807, 2.05) is 0 Å². The predicted molar refractivity (Wildman–Crippen MR) is 22.4 cm³/mol. The minimum absolute atomic E-state index is 0. The van der Waals surface area contributed by atoms with Crippen molar-refractivity contribution >= 4 is 37.7 Å². The van der Waals surface area contributed by atoms with E-state index < -0.39 is 0 Å². The van der Waals surface area contributed by atoms with Crippen LogP contribution < -0.4 is 0 Å². The van der Waals surface area contributed by atoms with Crippen molar-refractivity contribution < 1.29 is 82.1 Å². The van der Waals surface area contributed by atoms with E-state index in [1.54, 1.807) is 0 Å². The van der Waals surface area contributed by atoms with Crippen molar-refractivity contribution in [3.63, 3.8) is 0 Å². The van der Waals surface area contributed by atoms with Crippen LogP contribution >= 0.6 is 0 Å². The average Bonchev–Trinajstić information content (AvgIpc) is 0. The van der Waals surface area contributed by atoms with E-state index >= 15 is 0 Å². The van der Waals surface area contributed by atoms with E-state index in [4.69, 9.17) is 0 Å². The molecule has 0 saturated carbocycles. The van der Waals surface area contributed by atoms with E-state index in [2.05, 4.69) is 0 Å². The number of rotatable bonds is 0. The van der Waals surface area contributed by atoms with Crippen LogP contribution in [0.3, 0.4) is 0 Å². The first-order chi connectivity index (χ1) is 0. The molecule has 7 heteroatoms. The summed E-state index contributed by atoms with van der Waals surface area (Å²) in [6.45, 7) is 0.